The third-order valence-corrected chi connectivity index (χ3v) is 2.88. The number of ether oxygens (including phenoxy) is 1. The van der Waals surface area contributed by atoms with Gasteiger partial charge in [-0.2, -0.15) is 0 Å². The van der Waals surface area contributed by atoms with Crippen molar-refractivity contribution >= 4 is 5.69 Å². The fourth-order valence-corrected chi connectivity index (χ4v) is 2.19. The Labute approximate surface area is 84.0 Å². The Balaban J connectivity index is 2.57. The van der Waals surface area contributed by atoms with Gasteiger partial charge in [-0.15, -0.1) is 0 Å². The highest BCUT2D eigenvalue weighted by Gasteiger charge is 2.22. The van der Waals surface area contributed by atoms with Gasteiger partial charge in [0, 0.05) is 17.3 Å². The smallest absolute Gasteiger partial charge is 0.122 e. The van der Waals surface area contributed by atoms with E-state index >= 15 is 0 Å². The quantitative estimate of drug-likeness (QED) is 0.664. The second kappa shape index (κ2) is 3.50. The second-order valence-electron chi connectivity index (χ2n) is 3.75. The highest BCUT2D eigenvalue weighted by molar-refractivity contribution is 5.58. The normalized spacial score (nSPS) is 20.3. The van der Waals surface area contributed by atoms with Gasteiger partial charge in [-0.05, 0) is 37.0 Å². The molecule has 2 rings (SSSR count). The molecule has 0 unspecified atom stereocenters. The van der Waals surface area contributed by atoms with Gasteiger partial charge >= 0.3 is 0 Å². The number of methoxy groups -OCH3 is 1. The minimum absolute atomic E-state index is 0.0776. The van der Waals surface area contributed by atoms with Crippen molar-refractivity contribution in [1.29, 1.82) is 0 Å². The molecule has 0 aliphatic heterocycles. The van der Waals surface area contributed by atoms with E-state index in [0.717, 1.165) is 36.3 Å². The molecule has 3 nitrogen and oxygen atoms in total. The zero-order valence-electron chi connectivity index (χ0n) is 8.42. The highest BCUT2D eigenvalue weighted by atomic mass is 16.5. The Morgan fingerprint density at radius 2 is 2.21 bits per heavy atom. The summed E-state index contributed by atoms with van der Waals surface area (Å²) < 4.78 is 5.30. The van der Waals surface area contributed by atoms with Crippen LogP contribution < -0.4 is 16.2 Å². The van der Waals surface area contributed by atoms with Crippen molar-refractivity contribution < 1.29 is 4.74 Å². The van der Waals surface area contributed by atoms with Gasteiger partial charge in [0.25, 0.3) is 0 Å². The molecule has 1 aliphatic rings. The van der Waals surface area contributed by atoms with E-state index in [0.29, 0.717) is 0 Å². The molecule has 0 amide bonds. The predicted octanol–water partition coefficient (Wildman–Crippen LogP) is 1.61. The first kappa shape index (κ1) is 9.34. The minimum atomic E-state index is 0.0776. The third kappa shape index (κ3) is 1.34. The van der Waals surface area contributed by atoms with Crippen molar-refractivity contribution in [2.24, 2.45) is 5.73 Å². The van der Waals surface area contributed by atoms with Crippen molar-refractivity contribution in [2.45, 2.75) is 25.3 Å². The summed E-state index contributed by atoms with van der Waals surface area (Å²) in [6.45, 7) is 0. The molecule has 4 N–H and O–H groups in total. The predicted molar refractivity (Wildman–Crippen MR) is 57.3 cm³/mol. The number of nitrogen functional groups attached to an aromatic ring is 1. The number of anilines is 1. The Morgan fingerprint density at radius 3 is 2.93 bits per heavy atom. The van der Waals surface area contributed by atoms with Gasteiger partial charge in [-0.1, -0.05) is 0 Å². The summed E-state index contributed by atoms with van der Waals surface area (Å²) in [5, 5.41) is 0. The fourth-order valence-electron chi connectivity index (χ4n) is 2.19. The van der Waals surface area contributed by atoms with Crippen LogP contribution in [0, 0.1) is 0 Å². The lowest BCUT2D eigenvalue weighted by Crippen LogP contribution is -2.19. The van der Waals surface area contributed by atoms with Crippen LogP contribution in [0.25, 0.3) is 0 Å². The average Bonchev–Trinajstić information content (AvgIpc) is 2.18. The number of hydrogen-bond acceptors (Lipinski definition) is 3. The summed E-state index contributed by atoms with van der Waals surface area (Å²) in [6, 6.07) is 3.88. The third-order valence-electron chi connectivity index (χ3n) is 2.88. The van der Waals surface area contributed by atoms with Gasteiger partial charge in [0.1, 0.15) is 5.75 Å². The van der Waals surface area contributed by atoms with E-state index in [1.807, 2.05) is 12.1 Å². The van der Waals surface area contributed by atoms with Gasteiger partial charge in [0.05, 0.1) is 7.11 Å². The van der Waals surface area contributed by atoms with E-state index in [2.05, 4.69) is 0 Å². The maximum absolute atomic E-state index is 6.04. The van der Waals surface area contributed by atoms with Crippen molar-refractivity contribution in [3.05, 3.63) is 23.3 Å². The number of nitrogens with two attached hydrogens (primary N) is 2. The average molecular weight is 192 g/mol. The van der Waals surface area contributed by atoms with Crippen LogP contribution in [0.2, 0.25) is 0 Å². The molecule has 0 fully saturated rings. The Hall–Kier alpha value is -1.22. The van der Waals surface area contributed by atoms with Crippen molar-refractivity contribution in [3.8, 4) is 5.75 Å². The summed E-state index contributed by atoms with van der Waals surface area (Å²) in [5.74, 6) is 0.921. The maximum atomic E-state index is 6.04. The summed E-state index contributed by atoms with van der Waals surface area (Å²) in [7, 11) is 1.69. The zero-order valence-corrected chi connectivity index (χ0v) is 8.42. The fraction of sp³-hybridized carbons (Fsp3) is 0.455. The molecule has 14 heavy (non-hydrogen) atoms. The molecule has 1 atom stereocenters. The van der Waals surface area contributed by atoms with Crippen LogP contribution in [0.3, 0.4) is 0 Å². The lowest BCUT2D eigenvalue weighted by atomic mass is 9.86. The van der Waals surface area contributed by atoms with Crippen LogP contribution in [-0.4, -0.2) is 7.11 Å². The lowest BCUT2D eigenvalue weighted by molar-refractivity contribution is 0.403. The first-order valence-corrected chi connectivity index (χ1v) is 4.95. The molecule has 0 aromatic heterocycles. The summed E-state index contributed by atoms with van der Waals surface area (Å²) in [4.78, 5) is 0. The Bertz CT molecular complexity index is 349. The molecule has 1 aromatic carbocycles. The largest absolute Gasteiger partial charge is 0.496 e. The molecule has 0 saturated heterocycles. The monoisotopic (exact) mass is 192 g/mol. The molecule has 1 aromatic rings. The van der Waals surface area contributed by atoms with Crippen molar-refractivity contribution in [2.75, 3.05) is 12.8 Å². The Morgan fingerprint density at radius 1 is 1.43 bits per heavy atom. The lowest BCUT2D eigenvalue weighted by Gasteiger charge is -2.25. The van der Waals surface area contributed by atoms with Gasteiger partial charge < -0.3 is 16.2 Å². The zero-order chi connectivity index (χ0) is 10.1. The van der Waals surface area contributed by atoms with Crippen LogP contribution >= 0.6 is 0 Å². The van der Waals surface area contributed by atoms with E-state index < -0.39 is 0 Å². The number of benzene rings is 1. The van der Waals surface area contributed by atoms with Gasteiger partial charge in [-0.25, -0.2) is 0 Å². The van der Waals surface area contributed by atoms with Crippen LogP contribution in [0.15, 0.2) is 12.1 Å². The molecule has 0 heterocycles. The molecule has 0 bridgehead atoms. The second-order valence-corrected chi connectivity index (χ2v) is 3.75. The van der Waals surface area contributed by atoms with Crippen LogP contribution in [0.5, 0.6) is 5.75 Å². The molecule has 0 saturated carbocycles. The summed E-state index contributed by atoms with van der Waals surface area (Å²) in [6.07, 6.45) is 3.16. The van der Waals surface area contributed by atoms with Crippen LogP contribution in [-0.2, 0) is 6.42 Å². The number of hydrogen-bond donors (Lipinski definition) is 2. The van der Waals surface area contributed by atoms with E-state index in [-0.39, 0.29) is 6.04 Å². The minimum Gasteiger partial charge on any atom is -0.496 e. The topological polar surface area (TPSA) is 61.3 Å². The molecule has 76 valence electrons. The van der Waals surface area contributed by atoms with Crippen molar-refractivity contribution in [3.63, 3.8) is 0 Å². The van der Waals surface area contributed by atoms with E-state index in [4.69, 9.17) is 16.2 Å². The first-order valence-electron chi connectivity index (χ1n) is 4.95. The van der Waals surface area contributed by atoms with Gasteiger partial charge in [0.2, 0.25) is 0 Å². The summed E-state index contributed by atoms with van der Waals surface area (Å²) >= 11 is 0. The molecule has 0 radical (unpaired) electrons. The molecular formula is C11H16N2O. The standard InChI is InChI=1S/C11H16N2O/c1-14-10-6-5-9(13)11-7(10)3-2-4-8(11)12/h5-6,8H,2-4,12-13H2,1H3/t8-/m1/s1. The molecule has 3 heteroatoms. The number of fused-ring (bicyclic) bond motifs is 1. The van der Waals surface area contributed by atoms with Gasteiger partial charge in [-0.3, -0.25) is 0 Å². The van der Waals surface area contributed by atoms with E-state index in [1.54, 1.807) is 7.11 Å². The Kier molecular flexibility index (Phi) is 2.33. The van der Waals surface area contributed by atoms with E-state index in [1.165, 1.54) is 5.56 Å². The van der Waals surface area contributed by atoms with Crippen molar-refractivity contribution in [1.82, 2.24) is 0 Å². The SMILES string of the molecule is COc1ccc(N)c2c1CCC[C@H]2N. The van der Waals surface area contributed by atoms with Gasteiger partial charge in [0.15, 0.2) is 0 Å². The van der Waals surface area contributed by atoms with Crippen LogP contribution in [0.4, 0.5) is 5.69 Å². The number of rotatable bonds is 1. The van der Waals surface area contributed by atoms with E-state index in [9.17, 15) is 0 Å². The molecule has 1 aliphatic carbocycles. The van der Waals surface area contributed by atoms with Crippen LogP contribution in [0.1, 0.15) is 30.0 Å². The molecular weight excluding hydrogens is 176 g/mol. The summed E-state index contributed by atoms with van der Waals surface area (Å²) in [5.41, 5.74) is 15.0. The first-order chi connectivity index (χ1) is 6.74. The highest BCUT2D eigenvalue weighted by Crippen LogP contribution is 2.37. The molecule has 0 spiro atoms. The maximum Gasteiger partial charge on any atom is 0.122 e.